The van der Waals surface area contributed by atoms with Gasteiger partial charge in [0.25, 0.3) is 0 Å². The van der Waals surface area contributed by atoms with E-state index in [1.54, 1.807) is 0 Å². The average Bonchev–Trinajstić information content (AvgIpc) is 2.31. The van der Waals surface area contributed by atoms with Crippen LogP contribution in [-0.2, 0) is 4.79 Å². The molecule has 0 aromatic carbocycles. The number of unbranched alkanes of at least 4 members (excludes halogenated alkanes) is 3. The second kappa shape index (κ2) is 12.6. The van der Waals surface area contributed by atoms with Gasteiger partial charge >= 0.3 is 0 Å². The maximum absolute atomic E-state index is 10.4. The molecule has 0 amide bonds. The van der Waals surface area contributed by atoms with Crippen molar-refractivity contribution in [2.24, 2.45) is 11.8 Å². The number of quaternary nitrogens is 1. The number of nitriles is 1. The van der Waals surface area contributed by atoms with Crippen molar-refractivity contribution in [3.05, 3.63) is 0 Å². The number of carbonyl (C=O) groups excluding carboxylic acids is 1. The third-order valence-electron chi connectivity index (χ3n) is 2.83. The lowest BCUT2D eigenvalue weighted by molar-refractivity contribution is -0.458. The van der Waals surface area contributed by atoms with Gasteiger partial charge < -0.3 is 15.6 Å². The quantitative estimate of drug-likeness (QED) is 0.662. The van der Waals surface area contributed by atoms with E-state index in [1.807, 2.05) is 6.07 Å². The number of hydrogen-bond acceptors (Lipinski definition) is 3. The zero-order valence-electron chi connectivity index (χ0n) is 14.6. The summed E-state index contributed by atoms with van der Waals surface area (Å²) in [5, 5.41) is 19.2. The predicted molar refractivity (Wildman–Crippen MR) is 83.9 cm³/mol. The Balaban J connectivity index is 0. The first-order valence-corrected chi connectivity index (χ1v) is 8.05. The van der Waals surface area contributed by atoms with Crippen molar-refractivity contribution in [1.82, 2.24) is 0 Å². The summed E-state index contributed by atoms with van der Waals surface area (Å²) in [5.74, 6) is -1.07. The second-order valence-corrected chi connectivity index (χ2v) is 7.15. The van der Waals surface area contributed by atoms with Gasteiger partial charge in [-0.15, -0.1) is 0 Å². The molecule has 124 valence electrons. The van der Waals surface area contributed by atoms with Crippen molar-refractivity contribution < 1.29 is 15.6 Å². The Morgan fingerprint density at radius 3 is 2.19 bits per heavy atom. The normalized spacial score (nSPS) is 13.6. The molecule has 0 saturated heterocycles. The van der Waals surface area contributed by atoms with Gasteiger partial charge in [-0.05, 0) is 33.1 Å². The molecule has 4 nitrogen and oxygen atoms in total. The molecule has 21 heavy (non-hydrogen) atoms. The average molecular weight is 298 g/mol. The Bertz CT molecular complexity index is 297. The summed E-state index contributed by atoms with van der Waals surface area (Å²) < 4.78 is 0. The third kappa shape index (κ3) is 24.3. The van der Waals surface area contributed by atoms with Gasteiger partial charge in [0, 0.05) is 12.4 Å². The molecule has 0 saturated carbocycles. The molecule has 2 atom stereocenters. The van der Waals surface area contributed by atoms with E-state index in [9.17, 15) is 9.90 Å². The number of carboxylic acid groups (broad SMARTS) is 1. The van der Waals surface area contributed by atoms with Crippen LogP contribution in [0.15, 0.2) is 0 Å². The molecule has 0 fully saturated rings. The predicted octanol–water partition coefficient (Wildman–Crippen LogP) is 2.29. The molecule has 0 heterocycles. The summed E-state index contributed by atoms with van der Waals surface area (Å²) in [7, 11) is 0. The van der Waals surface area contributed by atoms with Crippen molar-refractivity contribution >= 4 is 5.97 Å². The first-order chi connectivity index (χ1) is 9.60. The van der Waals surface area contributed by atoms with Crippen LogP contribution in [0, 0.1) is 23.2 Å². The number of rotatable bonds is 9. The van der Waals surface area contributed by atoms with Crippen molar-refractivity contribution in [3.8, 4) is 6.07 Å². The molecule has 0 rings (SSSR count). The molecule has 0 aliphatic carbocycles. The van der Waals surface area contributed by atoms with Crippen molar-refractivity contribution in [3.63, 3.8) is 0 Å². The highest BCUT2D eigenvalue weighted by Gasteiger charge is 2.12. The lowest BCUT2D eigenvalue weighted by atomic mass is 9.90. The van der Waals surface area contributed by atoms with Gasteiger partial charge in [-0.3, -0.25) is 0 Å². The Morgan fingerprint density at radius 2 is 1.81 bits per heavy atom. The van der Waals surface area contributed by atoms with E-state index in [4.69, 9.17) is 5.26 Å². The summed E-state index contributed by atoms with van der Waals surface area (Å²) in [5.41, 5.74) is 4.02. The Morgan fingerprint density at radius 1 is 1.29 bits per heavy atom. The minimum absolute atomic E-state index is 0.129. The van der Waals surface area contributed by atoms with Crippen molar-refractivity contribution in [1.29, 1.82) is 5.26 Å². The van der Waals surface area contributed by atoms with Crippen LogP contribution in [-0.4, -0.2) is 11.5 Å². The van der Waals surface area contributed by atoms with Gasteiger partial charge in [0.05, 0.1) is 17.5 Å². The topological polar surface area (TPSA) is 91.6 Å². The first kappa shape index (κ1) is 22.2. The smallest absolute Gasteiger partial charge is 0.0860 e. The van der Waals surface area contributed by atoms with E-state index < -0.39 is 5.97 Å². The molecule has 3 N–H and O–H groups in total. The van der Waals surface area contributed by atoms with E-state index in [0.717, 1.165) is 6.42 Å². The van der Waals surface area contributed by atoms with E-state index >= 15 is 0 Å². The van der Waals surface area contributed by atoms with Crippen LogP contribution in [0.2, 0.25) is 0 Å². The minimum atomic E-state index is -1.12. The molecule has 0 aliphatic rings. The molecule has 0 bridgehead atoms. The van der Waals surface area contributed by atoms with Gasteiger partial charge in [0.2, 0.25) is 0 Å². The van der Waals surface area contributed by atoms with Crippen LogP contribution < -0.4 is 10.8 Å². The Hall–Kier alpha value is -1.08. The van der Waals surface area contributed by atoms with Gasteiger partial charge in [0.15, 0.2) is 0 Å². The SMILES string of the molecule is CC(C)(C)[NH3+].CCCCCCC(C)C[C@H](C#N)CC(=O)[O-]. The van der Waals surface area contributed by atoms with Gasteiger partial charge in [-0.1, -0.05) is 46.0 Å². The van der Waals surface area contributed by atoms with E-state index in [0.29, 0.717) is 12.3 Å². The summed E-state index contributed by atoms with van der Waals surface area (Å²) >= 11 is 0. The van der Waals surface area contributed by atoms with E-state index in [-0.39, 0.29) is 17.9 Å². The fourth-order valence-electron chi connectivity index (χ4n) is 1.91. The highest BCUT2D eigenvalue weighted by atomic mass is 16.4. The molecule has 1 unspecified atom stereocenters. The molecule has 0 radical (unpaired) electrons. The zero-order valence-corrected chi connectivity index (χ0v) is 14.6. The van der Waals surface area contributed by atoms with E-state index in [2.05, 4.69) is 40.4 Å². The van der Waals surface area contributed by atoms with Crippen LogP contribution in [0.25, 0.3) is 0 Å². The fraction of sp³-hybridized carbons (Fsp3) is 0.882. The van der Waals surface area contributed by atoms with Gasteiger partial charge in [-0.25, -0.2) is 0 Å². The maximum atomic E-state index is 10.4. The highest BCUT2D eigenvalue weighted by Crippen LogP contribution is 2.20. The monoisotopic (exact) mass is 298 g/mol. The van der Waals surface area contributed by atoms with Crippen LogP contribution >= 0.6 is 0 Å². The number of aliphatic carboxylic acids is 1. The molecule has 0 aromatic heterocycles. The summed E-state index contributed by atoms with van der Waals surface area (Å²) in [6, 6.07) is 2.05. The third-order valence-corrected chi connectivity index (χ3v) is 2.83. The van der Waals surface area contributed by atoms with Gasteiger partial charge in [0.1, 0.15) is 0 Å². The van der Waals surface area contributed by atoms with Crippen molar-refractivity contribution in [2.45, 2.75) is 85.1 Å². The standard InChI is InChI=1S/C13H23NO2.C4H11N/c1-3-4-5-6-7-11(2)8-12(10-14)9-13(15)16;1-4(2,3)5/h11-12H,3-9H2,1-2H3,(H,15,16);5H2,1-3H3/t11?,12-;/m0./s1. The number of hydrogen-bond donors (Lipinski definition) is 1. The molecular weight excluding hydrogens is 264 g/mol. The van der Waals surface area contributed by atoms with E-state index in [1.165, 1.54) is 25.7 Å². The van der Waals surface area contributed by atoms with Crippen LogP contribution in [0.3, 0.4) is 0 Å². The number of carboxylic acids is 1. The lowest BCUT2D eigenvalue weighted by Gasteiger charge is -2.15. The lowest BCUT2D eigenvalue weighted by Crippen LogP contribution is -2.67. The summed E-state index contributed by atoms with van der Waals surface area (Å²) in [6.45, 7) is 10.5. The molecule has 0 aliphatic heterocycles. The van der Waals surface area contributed by atoms with Crippen LogP contribution in [0.5, 0.6) is 0 Å². The largest absolute Gasteiger partial charge is 0.550 e. The summed E-state index contributed by atoms with van der Waals surface area (Å²) in [4.78, 5) is 10.4. The van der Waals surface area contributed by atoms with Gasteiger partial charge in [-0.2, -0.15) is 5.26 Å². The second-order valence-electron chi connectivity index (χ2n) is 7.15. The number of nitrogens with zero attached hydrogens (tertiary/aromatic N) is 1. The van der Waals surface area contributed by atoms with Crippen LogP contribution in [0.1, 0.15) is 79.6 Å². The first-order valence-electron chi connectivity index (χ1n) is 8.05. The molecule has 4 heteroatoms. The summed E-state index contributed by atoms with van der Waals surface area (Å²) in [6.07, 6.45) is 6.53. The minimum Gasteiger partial charge on any atom is -0.550 e. The molecule has 0 spiro atoms. The van der Waals surface area contributed by atoms with Crippen LogP contribution in [0.4, 0.5) is 0 Å². The molecular formula is C17H34N2O2. The Labute approximate surface area is 130 Å². The fourth-order valence-corrected chi connectivity index (χ4v) is 1.91. The number of carbonyl (C=O) groups is 1. The zero-order chi connectivity index (χ0) is 16.9. The maximum Gasteiger partial charge on any atom is 0.0860 e. The molecule has 0 aromatic rings. The highest BCUT2D eigenvalue weighted by molar-refractivity contribution is 5.64. The Kier molecular flexibility index (Phi) is 13.4. The van der Waals surface area contributed by atoms with Crippen molar-refractivity contribution in [2.75, 3.05) is 0 Å².